The van der Waals surface area contributed by atoms with Crippen LogP contribution in [0.15, 0.2) is 18.2 Å². The summed E-state index contributed by atoms with van der Waals surface area (Å²) in [6, 6.07) is 4.08. The standard InChI is InChI=1S/C15H20ClFN2O2/c1-4-21-12-8-15(18,14(12,2)3)13(20)19-11-6-5-9(16)7-10(11)17/h5-7,12H,4,8,18H2,1-3H3,(H,19,20). The second-order valence-electron chi connectivity index (χ2n) is 5.92. The Morgan fingerprint density at radius 1 is 1.57 bits per heavy atom. The molecule has 0 bridgehead atoms. The number of carbonyl (C=O) groups excluding carboxylic acids is 1. The Labute approximate surface area is 128 Å². The zero-order valence-electron chi connectivity index (χ0n) is 12.4. The molecule has 6 heteroatoms. The Morgan fingerprint density at radius 3 is 2.76 bits per heavy atom. The molecule has 0 radical (unpaired) electrons. The summed E-state index contributed by atoms with van der Waals surface area (Å²) in [6.07, 6.45) is 0.336. The van der Waals surface area contributed by atoms with Gasteiger partial charge in [0.1, 0.15) is 11.4 Å². The van der Waals surface area contributed by atoms with Crippen molar-refractivity contribution in [3.8, 4) is 0 Å². The first-order valence-electron chi connectivity index (χ1n) is 6.89. The average Bonchev–Trinajstić information content (AvgIpc) is 2.41. The van der Waals surface area contributed by atoms with Crippen molar-refractivity contribution >= 4 is 23.2 Å². The number of hydrogen-bond acceptors (Lipinski definition) is 3. The van der Waals surface area contributed by atoms with Gasteiger partial charge in [-0.2, -0.15) is 0 Å². The molecule has 1 aromatic rings. The van der Waals surface area contributed by atoms with Gasteiger partial charge >= 0.3 is 0 Å². The first-order chi connectivity index (χ1) is 9.72. The van der Waals surface area contributed by atoms with Crippen molar-refractivity contribution in [2.24, 2.45) is 11.1 Å². The van der Waals surface area contributed by atoms with Crippen LogP contribution in [0, 0.1) is 11.2 Å². The molecule has 2 unspecified atom stereocenters. The largest absolute Gasteiger partial charge is 0.378 e. The molecule has 0 spiro atoms. The van der Waals surface area contributed by atoms with E-state index >= 15 is 0 Å². The SMILES string of the molecule is CCOC1CC(N)(C(=O)Nc2ccc(Cl)cc2F)C1(C)C. The van der Waals surface area contributed by atoms with E-state index < -0.39 is 22.7 Å². The number of nitrogens with one attached hydrogen (secondary N) is 1. The molecule has 1 fully saturated rings. The van der Waals surface area contributed by atoms with Crippen molar-refractivity contribution in [3.63, 3.8) is 0 Å². The Bertz CT molecular complexity index is 565. The molecule has 1 amide bonds. The van der Waals surface area contributed by atoms with Crippen LogP contribution in [-0.4, -0.2) is 24.2 Å². The van der Waals surface area contributed by atoms with Crippen molar-refractivity contribution in [2.45, 2.75) is 38.8 Å². The maximum Gasteiger partial charge on any atom is 0.245 e. The molecule has 21 heavy (non-hydrogen) atoms. The summed E-state index contributed by atoms with van der Waals surface area (Å²) in [5, 5.41) is 2.82. The Kier molecular flexibility index (Phi) is 4.29. The van der Waals surface area contributed by atoms with E-state index in [1.54, 1.807) is 0 Å². The highest BCUT2D eigenvalue weighted by molar-refractivity contribution is 6.30. The molecule has 116 valence electrons. The van der Waals surface area contributed by atoms with Crippen LogP contribution in [0.2, 0.25) is 5.02 Å². The zero-order chi connectivity index (χ0) is 15.8. The van der Waals surface area contributed by atoms with Crippen LogP contribution in [-0.2, 0) is 9.53 Å². The molecule has 0 aromatic heterocycles. The predicted molar refractivity (Wildman–Crippen MR) is 80.8 cm³/mol. The van der Waals surface area contributed by atoms with Crippen LogP contribution in [0.5, 0.6) is 0 Å². The number of carbonyl (C=O) groups is 1. The second kappa shape index (κ2) is 5.55. The van der Waals surface area contributed by atoms with Gasteiger partial charge in [-0.3, -0.25) is 4.79 Å². The van der Waals surface area contributed by atoms with Gasteiger partial charge in [-0.25, -0.2) is 4.39 Å². The number of anilines is 1. The van der Waals surface area contributed by atoms with Crippen molar-refractivity contribution in [1.29, 1.82) is 0 Å². The van der Waals surface area contributed by atoms with Gasteiger partial charge < -0.3 is 15.8 Å². The van der Waals surface area contributed by atoms with Gasteiger partial charge in [-0.1, -0.05) is 25.4 Å². The fourth-order valence-corrected chi connectivity index (χ4v) is 2.80. The maximum absolute atomic E-state index is 13.7. The molecule has 1 aliphatic carbocycles. The van der Waals surface area contributed by atoms with E-state index in [1.165, 1.54) is 12.1 Å². The lowest BCUT2D eigenvalue weighted by molar-refractivity contribution is -0.166. The monoisotopic (exact) mass is 314 g/mol. The number of hydrogen-bond donors (Lipinski definition) is 2. The lowest BCUT2D eigenvalue weighted by Crippen LogP contribution is -2.74. The van der Waals surface area contributed by atoms with Crippen LogP contribution in [0.1, 0.15) is 27.2 Å². The number of amides is 1. The minimum atomic E-state index is -1.08. The lowest BCUT2D eigenvalue weighted by Gasteiger charge is -2.57. The summed E-state index contributed by atoms with van der Waals surface area (Å²) in [7, 11) is 0. The molecule has 1 aliphatic rings. The minimum absolute atomic E-state index is 0.0740. The van der Waals surface area contributed by atoms with Crippen LogP contribution >= 0.6 is 11.6 Å². The van der Waals surface area contributed by atoms with Gasteiger partial charge in [0.05, 0.1) is 11.8 Å². The molecular weight excluding hydrogens is 295 g/mol. The van der Waals surface area contributed by atoms with Crippen LogP contribution < -0.4 is 11.1 Å². The summed E-state index contributed by atoms with van der Waals surface area (Å²) in [5.74, 6) is -0.998. The summed E-state index contributed by atoms with van der Waals surface area (Å²) in [6.45, 7) is 6.23. The zero-order valence-corrected chi connectivity index (χ0v) is 13.1. The molecule has 1 saturated carbocycles. The first kappa shape index (κ1) is 16.2. The fourth-order valence-electron chi connectivity index (χ4n) is 2.65. The molecule has 0 heterocycles. The highest BCUT2D eigenvalue weighted by Gasteiger charge is 2.62. The maximum atomic E-state index is 13.7. The number of halogens is 2. The first-order valence-corrected chi connectivity index (χ1v) is 7.27. The lowest BCUT2D eigenvalue weighted by atomic mass is 9.54. The fraction of sp³-hybridized carbons (Fsp3) is 0.533. The third-order valence-corrected chi connectivity index (χ3v) is 4.65. The average molecular weight is 315 g/mol. The Hall–Kier alpha value is -1.17. The summed E-state index contributed by atoms with van der Waals surface area (Å²) in [5.41, 5.74) is 4.70. The van der Waals surface area contributed by atoms with Crippen molar-refractivity contribution in [2.75, 3.05) is 11.9 Å². The molecule has 3 N–H and O–H groups in total. The summed E-state index contributed by atoms with van der Waals surface area (Å²) >= 11 is 5.69. The van der Waals surface area contributed by atoms with Crippen LogP contribution in [0.4, 0.5) is 10.1 Å². The van der Waals surface area contributed by atoms with E-state index in [4.69, 9.17) is 22.1 Å². The smallest absolute Gasteiger partial charge is 0.245 e. The highest BCUT2D eigenvalue weighted by Crippen LogP contribution is 2.50. The predicted octanol–water partition coefficient (Wildman–Crippen LogP) is 2.95. The van der Waals surface area contributed by atoms with Crippen molar-refractivity contribution in [1.82, 2.24) is 0 Å². The topological polar surface area (TPSA) is 64.3 Å². The number of ether oxygens (including phenoxy) is 1. The van der Waals surface area contributed by atoms with E-state index in [0.717, 1.165) is 6.07 Å². The molecule has 0 aliphatic heterocycles. The number of benzene rings is 1. The normalized spacial score (nSPS) is 27.0. The number of rotatable bonds is 4. The van der Waals surface area contributed by atoms with Gasteiger partial charge in [-0.05, 0) is 25.1 Å². The minimum Gasteiger partial charge on any atom is -0.378 e. The van der Waals surface area contributed by atoms with Crippen molar-refractivity contribution in [3.05, 3.63) is 29.0 Å². The van der Waals surface area contributed by atoms with Gasteiger partial charge in [0.2, 0.25) is 5.91 Å². The van der Waals surface area contributed by atoms with Crippen molar-refractivity contribution < 1.29 is 13.9 Å². The third-order valence-electron chi connectivity index (χ3n) is 4.41. The van der Waals surface area contributed by atoms with E-state index in [9.17, 15) is 9.18 Å². The summed E-state index contributed by atoms with van der Waals surface area (Å²) in [4.78, 5) is 12.4. The third kappa shape index (κ3) is 2.65. The van der Waals surface area contributed by atoms with Crippen LogP contribution in [0.25, 0.3) is 0 Å². The molecule has 2 atom stereocenters. The van der Waals surface area contributed by atoms with Crippen LogP contribution in [0.3, 0.4) is 0 Å². The molecule has 4 nitrogen and oxygen atoms in total. The van der Waals surface area contributed by atoms with Gasteiger partial charge in [-0.15, -0.1) is 0 Å². The van der Waals surface area contributed by atoms with E-state index in [0.29, 0.717) is 13.0 Å². The van der Waals surface area contributed by atoms with E-state index in [2.05, 4.69) is 5.32 Å². The van der Waals surface area contributed by atoms with Gasteiger partial charge in [0.15, 0.2) is 0 Å². The van der Waals surface area contributed by atoms with E-state index in [-0.39, 0.29) is 16.8 Å². The highest BCUT2D eigenvalue weighted by atomic mass is 35.5. The second-order valence-corrected chi connectivity index (χ2v) is 6.36. The molecule has 2 rings (SSSR count). The molecule has 0 saturated heterocycles. The number of nitrogens with two attached hydrogens (primary N) is 1. The molecular formula is C15H20ClFN2O2. The molecule has 1 aromatic carbocycles. The Morgan fingerprint density at radius 2 is 2.24 bits per heavy atom. The van der Waals surface area contributed by atoms with E-state index in [1.807, 2.05) is 20.8 Å². The van der Waals surface area contributed by atoms with Gasteiger partial charge in [0.25, 0.3) is 0 Å². The summed E-state index contributed by atoms with van der Waals surface area (Å²) < 4.78 is 19.3. The van der Waals surface area contributed by atoms with Gasteiger partial charge in [0, 0.05) is 23.5 Å². The Balaban J connectivity index is 2.14. The quantitative estimate of drug-likeness (QED) is 0.898.